The van der Waals surface area contributed by atoms with Crippen molar-refractivity contribution in [1.29, 1.82) is 0 Å². The van der Waals surface area contributed by atoms with Crippen molar-refractivity contribution in [2.24, 2.45) is 7.05 Å². The number of aromatic nitrogens is 3. The van der Waals surface area contributed by atoms with Crippen molar-refractivity contribution in [3.63, 3.8) is 0 Å². The highest BCUT2D eigenvalue weighted by atomic mass is 32.1. The van der Waals surface area contributed by atoms with E-state index in [0.717, 1.165) is 36.5 Å². The van der Waals surface area contributed by atoms with Crippen LogP contribution < -0.4 is 5.32 Å². The first-order chi connectivity index (χ1) is 9.63. The molecule has 0 fully saturated rings. The third-order valence-corrected chi connectivity index (χ3v) is 4.23. The van der Waals surface area contributed by atoms with Gasteiger partial charge in [0.05, 0.1) is 28.1 Å². The van der Waals surface area contributed by atoms with Gasteiger partial charge in [-0.05, 0) is 32.4 Å². The highest BCUT2D eigenvalue weighted by Crippen LogP contribution is 2.20. The van der Waals surface area contributed by atoms with Crippen LogP contribution in [0.25, 0.3) is 0 Å². The average Bonchev–Trinajstić information content (AvgIpc) is 3.00. The van der Waals surface area contributed by atoms with E-state index in [9.17, 15) is 0 Å². The topological polar surface area (TPSA) is 42.7 Å². The number of thiazole rings is 1. The summed E-state index contributed by atoms with van der Waals surface area (Å²) in [6.07, 6.45) is 3.03. The molecule has 1 atom stereocenters. The Morgan fingerprint density at radius 3 is 2.70 bits per heavy atom. The Bertz CT molecular complexity index is 544. The van der Waals surface area contributed by atoms with Crippen LogP contribution >= 0.6 is 11.3 Å². The second kappa shape index (κ2) is 6.99. The third kappa shape index (κ3) is 3.67. The summed E-state index contributed by atoms with van der Waals surface area (Å²) in [5.74, 6) is 0. The lowest BCUT2D eigenvalue weighted by Crippen LogP contribution is -2.26. The summed E-state index contributed by atoms with van der Waals surface area (Å²) in [6, 6.07) is 2.50. The van der Waals surface area contributed by atoms with E-state index in [1.165, 1.54) is 11.4 Å². The second-order valence-corrected chi connectivity index (χ2v) is 6.17. The molecule has 2 heterocycles. The molecule has 2 aromatic heterocycles. The lowest BCUT2D eigenvalue weighted by atomic mass is 10.1. The van der Waals surface area contributed by atoms with E-state index < -0.39 is 0 Å². The minimum atomic E-state index is 0.286. The summed E-state index contributed by atoms with van der Waals surface area (Å²) in [7, 11) is 2.03. The van der Waals surface area contributed by atoms with Gasteiger partial charge in [0.2, 0.25) is 0 Å². The molecule has 0 aromatic carbocycles. The highest BCUT2D eigenvalue weighted by Gasteiger charge is 2.17. The van der Waals surface area contributed by atoms with Crippen molar-refractivity contribution in [2.75, 3.05) is 6.54 Å². The van der Waals surface area contributed by atoms with E-state index in [-0.39, 0.29) is 6.04 Å². The molecule has 1 unspecified atom stereocenters. The Morgan fingerprint density at radius 2 is 2.15 bits per heavy atom. The van der Waals surface area contributed by atoms with Crippen LogP contribution in [0.2, 0.25) is 0 Å². The minimum Gasteiger partial charge on any atom is -0.308 e. The van der Waals surface area contributed by atoms with Crippen molar-refractivity contribution in [1.82, 2.24) is 20.1 Å². The maximum absolute atomic E-state index is 4.59. The van der Waals surface area contributed by atoms with Gasteiger partial charge < -0.3 is 5.32 Å². The molecule has 0 saturated heterocycles. The van der Waals surface area contributed by atoms with Crippen molar-refractivity contribution in [2.45, 2.75) is 46.1 Å². The van der Waals surface area contributed by atoms with E-state index in [2.05, 4.69) is 47.6 Å². The molecule has 0 aliphatic carbocycles. The summed E-state index contributed by atoms with van der Waals surface area (Å²) in [6.45, 7) is 7.41. The van der Waals surface area contributed by atoms with Crippen LogP contribution in [0.1, 0.15) is 48.4 Å². The van der Waals surface area contributed by atoms with E-state index in [1.807, 2.05) is 11.7 Å². The predicted molar refractivity (Wildman–Crippen MR) is 84.2 cm³/mol. The van der Waals surface area contributed by atoms with Crippen molar-refractivity contribution in [3.05, 3.63) is 33.5 Å². The molecule has 0 saturated carbocycles. The predicted octanol–water partition coefficient (Wildman–Crippen LogP) is 3.03. The van der Waals surface area contributed by atoms with Gasteiger partial charge in [0.25, 0.3) is 0 Å². The quantitative estimate of drug-likeness (QED) is 0.853. The van der Waals surface area contributed by atoms with Gasteiger partial charge in [-0.15, -0.1) is 11.3 Å². The smallest absolute Gasteiger partial charge is 0.0897 e. The van der Waals surface area contributed by atoms with Crippen LogP contribution in [-0.4, -0.2) is 21.3 Å². The molecule has 0 amide bonds. The number of nitrogens with one attached hydrogen (secondary N) is 1. The van der Waals surface area contributed by atoms with E-state index >= 15 is 0 Å². The normalized spacial score (nSPS) is 12.8. The number of aryl methyl sites for hydroxylation is 3. The summed E-state index contributed by atoms with van der Waals surface area (Å²) < 4.78 is 2.01. The van der Waals surface area contributed by atoms with Crippen molar-refractivity contribution in [3.8, 4) is 0 Å². The van der Waals surface area contributed by atoms with Crippen LogP contribution in [0.4, 0.5) is 0 Å². The standard InChI is InChI=1S/C15H24N4S/c1-5-7-16-14(8-13-10-20-11(3)17-13)15-9-12(6-2)18-19(15)4/h9-10,14,16H,5-8H2,1-4H3. The van der Waals surface area contributed by atoms with Crippen LogP contribution in [0, 0.1) is 6.92 Å². The first kappa shape index (κ1) is 15.2. The highest BCUT2D eigenvalue weighted by molar-refractivity contribution is 7.09. The van der Waals surface area contributed by atoms with Crippen LogP contribution in [0.15, 0.2) is 11.4 Å². The zero-order chi connectivity index (χ0) is 14.5. The molecule has 4 nitrogen and oxygen atoms in total. The SMILES string of the molecule is CCCNC(Cc1csc(C)n1)c1cc(CC)nn1C. The summed E-state index contributed by atoms with van der Waals surface area (Å²) >= 11 is 1.72. The molecule has 20 heavy (non-hydrogen) atoms. The van der Waals surface area contributed by atoms with Crippen LogP contribution in [0.3, 0.4) is 0 Å². The summed E-state index contributed by atoms with van der Waals surface area (Å²) in [4.78, 5) is 4.59. The monoisotopic (exact) mass is 292 g/mol. The first-order valence-corrected chi connectivity index (χ1v) is 8.19. The Balaban J connectivity index is 2.19. The van der Waals surface area contributed by atoms with Crippen molar-refractivity contribution < 1.29 is 0 Å². The molecule has 0 aliphatic rings. The Kier molecular flexibility index (Phi) is 5.31. The van der Waals surface area contributed by atoms with Gasteiger partial charge in [-0.25, -0.2) is 4.98 Å². The van der Waals surface area contributed by atoms with E-state index in [0.29, 0.717) is 0 Å². The molecule has 0 spiro atoms. The molecule has 2 aromatic rings. The zero-order valence-corrected chi connectivity index (χ0v) is 13.6. The Labute approximate surface area is 125 Å². The number of hydrogen-bond acceptors (Lipinski definition) is 4. The maximum atomic E-state index is 4.59. The minimum absolute atomic E-state index is 0.286. The molecular formula is C15H24N4S. The molecule has 0 radical (unpaired) electrons. The van der Waals surface area contributed by atoms with Gasteiger partial charge in [-0.3, -0.25) is 4.68 Å². The third-order valence-electron chi connectivity index (χ3n) is 3.41. The molecule has 5 heteroatoms. The number of hydrogen-bond donors (Lipinski definition) is 1. The summed E-state index contributed by atoms with van der Waals surface area (Å²) in [5, 5.41) is 11.5. The molecule has 0 bridgehead atoms. The summed E-state index contributed by atoms with van der Waals surface area (Å²) in [5.41, 5.74) is 3.57. The fraction of sp³-hybridized carbons (Fsp3) is 0.600. The molecular weight excluding hydrogens is 268 g/mol. The van der Waals surface area contributed by atoms with Gasteiger partial charge in [-0.1, -0.05) is 13.8 Å². The largest absolute Gasteiger partial charge is 0.308 e. The van der Waals surface area contributed by atoms with Crippen LogP contribution in [-0.2, 0) is 19.9 Å². The van der Waals surface area contributed by atoms with Gasteiger partial charge in [0.15, 0.2) is 0 Å². The average molecular weight is 292 g/mol. The second-order valence-electron chi connectivity index (χ2n) is 5.11. The number of rotatable bonds is 7. The van der Waals surface area contributed by atoms with E-state index in [4.69, 9.17) is 0 Å². The Morgan fingerprint density at radius 1 is 1.35 bits per heavy atom. The van der Waals surface area contributed by atoms with Gasteiger partial charge in [0, 0.05) is 18.8 Å². The van der Waals surface area contributed by atoms with Crippen molar-refractivity contribution >= 4 is 11.3 Å². The lowest BCUT2D eigenvalue weighted by Gasteiger charge is -2.17. The van der Waals surface area contributed by atoms with Gasteiger partial charge in [0.1, 0.15) is 0 Å². The Hall–Kier alpha value is -1.20. The number of nitrogens with zero attached hydrogens (tertiary/aromatic N) is 3. The van der Waals surface area contributed by atoms with Gasteiger partial charge in [-0.2, -0.15) is 5.10 Å². The van der Waals surface area contributed by atoms with Gasteiger partial charge >= 0.3 is 0 Å². The lowest BCUT2D eigenvalue weighted by molar-refractivity contribution is 0.490. The zero-order valence-electron chi connectivity index (χ0n) is 12.8. The van der Waals surface area contributed by atoms with Crippen LogP contribution in [0.5, 0.6) is 0 Å². The fourth-order valence-electron chi connectivity index (χ4n) is 2.35. The molecule has 0 aliphatic heterocycles. The van der Waals surface area contributed by atoms with E-state index in [1.54, 1.807) is 11.3 Å². The maximum Gasteiger partial charge on any atom is 0.0897 e. The first-order valence-electron chi connectivity index (χ1n) is 7.31. The molecule has 110 valence electrons. The molecule has 1 N–H and O–H groups in total. The molecule has 2 rings (SSSR count). The fourth-order valence-corrected chi connectivity index (χ4v) is 2.98.